The van der Waals surface area contributed by atoms with E-state index >= 15 is 0 Å². The van der Waals surface area contributed by atoms with Crippen LogP contribution in [0.1, 0.15) is 33.9 Å². The highest BCUT2D eigenvalue weighted by Crippen LogP contribution is 2.22. The van der Waals surface area contributed by atoms with Crippen molar-refractivity contribution in [3.63, 3.8) is 0 Å². The van der Waals surface area contributed by atoms with Gasteiger partial charge in [-0.25, -0.2) is 9.78 Å². The van der Waals surface area contributed by atoms with Crippen LogP contribution in [0.3, 0.4) is 0 Å². The molecule has 0 amide bonds. The van der Waals surface area contributed by atoms with Gasteiger partial charge in [0.2, 0.25) is 5.76 Å². The second-order valence-electron chi connectivity index (χ2n) is 5.52. The van der Waals surface area contributed by atoms with Crippen molar-refractivity contribution in [2.75, 3.05) is 13.7 Å². The zero-order valence-electron chi connectivity index (χ0n) is 13.9. The SMILES string of the molecule is CCc1cc2c(=O)n(Cc3ccc(C(=O)O)o3)c(CCOC)nc2s1. The number of ether oxygens (including phenoxy) is 1. The van der Waals surface area contributed by atoms with E-state index in [1.54, 1.807) is 13.2 Å². The second kappa shape index (κ2) is 7.20. The minimum absolute atomic E-state index is 0.130. The molecule has 3 heterocycles. The third-order valence-corrected chi connectivity index (χ3v) is 5.02. The maximum absolute atomic E-state index is 12.9. The molecule has 0 aliphatic heterocycles. The highest BCUT2D eigenvalue weighted by atomic mass is 32.1. The number of thiophene rings is 1. The first kappa shape index (κ1) is 17.4. The Labute approximate surface area is 147 Å². The summed E-state index contributed by atoms with van der Waals surface area (Å²) in [7, 11) is 1.59. The lowest BCUT2D eigenvalue weighted by Gasteiger charge is -2.10. The Hall–Kier alpha value is -2.45. The number of carboxylic acid groups (broad SMARTS) is 1. The lowest BCUT2D eigenvalue weighted by atomic mass is 10.3. The van der Waals surface area contributed by atoms with Gasteiger partial charge in [0.15, 0.2) is 0 Å². The number of aromatic carboxylic acids is 1. The van der Waals surface area contributed by atoms with E-state index in [1.165, 1.54) is 22.0 Å². The molecule has 3 rings (SSSR count). The van der Waals surface area contributed by atoms with Gasteiger partial charge in [0, 0.05) is 18.4 Å². The highest BCUT2D eigenvalue weighted by molar-refractivity contribution is 7.18. The Morgan fingerprint density at radius 2 is 2.24 bits per heavy atom. The molecule has 0 fully saturated rings. The number of hydrogen-bond acceptors (Lipinski definition) is 6. The monoisotopic (exact) mass is 362 g/mol. The van der Waals surface area contributed by atoms with Crippen molar-refractivity contribution < 1.29 is 19.1 Å². The van der Waals surface area contributed by atoms with Crippen LogP contribution in [0, 0.1) is 0 Å². The first-order valence-electron chi connectivity index (χ1n) is 7.86. The van der Waals surface area contributed by atoms with Gasteiger partial charge in [-0.1, -0.05) is 6.92 Å². The Balaban J connectivity index is 2.07. The van der Waals surface area contributed by atoms with Crippen molar-refractivity contribution in [1.29, 1.82) is 0 Å². The van der Waals surface area contributed by atoms with Crippen LogP contribution in [-0.2, 0) is 24.1 Å². The average Bonchev–Trinajstić information content (AvgIpc) is 3.22. The summed E-state index contributed by atoms with van der Waals surface area (Å²) in [4.78, 5) is 30.3. The second-order valence-corrected chi connectivity index (χ2v) is 6.63. The summed E-state index contributed by atoms with van der Waals surface area (Å²) in [6.07, 6.45) is 1.32. The van der Waals surface area contributed by atoms with E-state index in [0.29, 0.717) is 30.0 Å². The number of nitrogens with zero attached hydrogens (tertiary/aromatic N) is 2. The van der Waals surface area contributed by atoms with Crippen LogP contribution in [0.5, 0.6) is 0 Å². The molecule has 0 saturated carbocycles. The summed E-state index contributed by atoms with van der Waals surface area (Å²) in [6.45, 7) is 2.60. The van der Waals surface area contributed by atoms with Crippen LogP contribution in [0.25, 0.3) is 10.2 Å². The Morgan fingerprint density at radius 3 is 2.88 bits per heavy atom. The summed E-state index contributed by atoms with van der Waals surface area (Å²) in [6, 6.07) is 4.81. The molecule has 0 bridgehead atoms. The quantitative estimate of drug-likeness (QED) is 0.694. The van der Waals surface area contributed by atoms with Crippen LogP contribution in [-0.4, -0.2) is 34.3 Å². The lowest BCUT2D eigenvalue weighted by Crippen LogP contribution is -2.26. The molecule has 132 valence electrons. The molecule has 8 heteroatoms. The topological polar surface area (TPSA) is 94.6 Å². The maximum atomic E-state index is 12.9. The summed E-state index contributed by atoms with van der Waals surface area (Å²) < 4.78 is 11.9. The summed E-state index contributed by atoms with van der Waals surface area (Å²) in [5.41, 5.74) is -0.152. The van der Waals surface area contributed by atoms with E-state index in [4.69, 9.17) is 14.3 Å². The molecule has 0 spiro atoms. The standard InChI is InChI=1S/C17H18N2O5S/c1-3-11-8-12-15(25-11)18-14(6-7-23-2)19(16(12)20)9-10-4-5-13(24-10)17(21)22/h4-5,8H,3,6-7,9H2,1-2H3,(H,21,22). The van der Waals surface area contributed by atoms with Gasteiger partial charge in [-0.05, 0) is 24.6 Å². The average molecular weight is 362 g/mol. The van der Waals surface area contributed by atoms with Crippen LogP contribution in [0.2, 0.25) is 0 Å². The molecule has 0 atom stereocenters. The summed E-state index contributed by atoms with van der Waals surface area (Å²) in [5.74, 6) is -0.307. The summed E-state index contributed by atoms with van der Waals surface area (Å²) >= 11 is 1.52. The number of carboxylic acids is 1. The van der Waals surface area contributed by atoms with Gasteiger partial charge >= 0.3 is 5.97 Å². The molecule has 0 radical (unpaired) electrons. The lowest BCUT2D eigenvalue weighted by molar-refractivity contribution is 0.0660. The van der Waals surface area contributed by atoms with Crippen molar-refractivity contribution in [3.05, 3.63) is 50.8 Å². The summed E-state index contributed by atoms with van der Waals surface area (Å²) in [5, 5.41) is 9.55. The number of aromatic nitrogens is 2. The van der Waals surface area contributed by atoms with E-state index in [-0.39, 0.29) is 17.9 Å². The molecular formula is C17H18N2O5S. The number of rotatable bonds is 7. The Morgan fingerprint density at radius 1 is 1.44 bits per heavy atom. The third kappa shape index (κ3) is 3.49. The molecule has 0 saturated heterocycles. The molecule has 3 aromatic rings. The fraction of sp³-hybridized carbons (Fsp3) is 0.353. The van der Waals surface area contributed by atoms with E-state index in [9.17, 15) is 9.59 Å². The van der Waals surface area contributed by atoms with Crippen molar-refractivity contribution in [2.45, 2.75) is 26.3 Å². The van der Waals surface area contributed by atoms with Crippen molar-refractivity contribution in [1.82, 2.24) is 9.55 Å². The van der Waals surface area contributed by atoms with E-state index in [1.807, 2.05) is 13.0 Å². The van der Waals surface area contributed by atoms with Gasteiger partial charge in [-0.15, -0.1) is 11.3 Å². The first-order valence-corrected chi connectivity index (χ1v) is 8.68. The van der Waals surface area contributed by atoms with Gasteiger partial charge in [0.1, 0.15) is 16.4 Å². The molecule has 0 aliphatic rings. The highest BCUT2D eigenvalue weighted by Gasteiger charge is 2.16. The normalized spacial score (nSPS) is 11.3. The van der Waals surface area contributed by atoms with Gasteiger partial charge in [0.25, 0.3) is 5.56 Å². The fourth-order valence-electron chi connectivity index (χ4n) is 2.56. The third-order valence-electron chi connectivity index (χ3n) is 3.85. The number of aryl methyl sites for hydroxylation is 1. The van der Waals surface area contributed by atoms with Gasteiger partial charge < -0.3 is 14.3 Å². The predicted molar refractivity (Wildman–Crippen MR) is 93.6 cm³/mol. The first-order chi connectivity index (χ1) is 12.0. The molecule has 0 aliphatic carbocycles. The smallest absolute Gasteiger partial charge is 0.371 e. The largest absolute Gasteiger partial charge is 0.475 e. The number of carbonyl (C=O) groups is 1. The van der Waals surface area contributed by atoms with E-state index in [2.05, 4.69) is 4.98 Å². The minimum Gasteiger partial charge on any atom is -0.475 e. The van der Waals surface area contributed by atoms with Crippen LogP contribution < -0.4 is 5.56 Å². The van der Waals surface area contributed by atoms with Crippen molar-refractivity contribution >= 4 is 27.5 Å². The van der Waals surface area contributed by atoms with Crippen LogP contribution >= 0.6 is 11.3 Å². The Bertz CT molecular complexity index is 969. The molecule has 3 aromatic heterocycles. The molecule has 7 nitrogen and oxygen atoms in total. The number of fused-ring (bicyclic) bond motifs is 1. The van der Waals surface area contributed by atoms with Gasteiger partial charge in [-0.2, -0.15) is 0 Å². The molecule has 25 heavy (non-hydrogen) atoms. The zero-order chi connectivity index (χ0) is 18.0. The number of methoxy groups -OCH3 is 1. The van der Waals surface area contributed by atoms with E-state index in [0.717, 1.165) is 16.1 Å². The van der Waals surface area contributed by atoms with E-state index < -0.39 is 5.97 Å². The van der Waals surface area contributed by atoms with Crippen molar-refractivity contribution in [3.8, 4) is 0 Å². The molecule has 1 N–H and O–H groups in total. The molecule has 0 aromatic carbocycles. The Kier molecular flexibility index (Phi) is 5.00. The number of hydrogen-bond donors (Lipinski definition) is 1. The molecule has 0 unspecified atom stereocenters. The minimum atomic E-state index is -1.14. The zero-order valence-corrected chi connectivity index (χ0v) is 14.8. The fourth-order valence-corrected chi connectivity index (χ4v) is 3.54. The van der Waals surface area contributed by atoms with Crippen molar-refractivity contribution in [2.24, 2.45) is 0 Å². The maximum Gasteiger partial charge on any atom is 0.371 e. The van der Waals surface area contributed by atoms with Crippen LogP contribution in [0.15, 0.2) is 27.4 Å². The van der Waals surface area contributed by atoms with Crippen LogP contribution in [0.4, 0.5) is 0 Å². The van der Waals surface area contributed by atoms with Gasteiger partial charge in [0.05, 0.1) is 18.5 Å². The van der Waals surface area contributed by atoms with Gasteiger partial charge in [-0.3, -0.25) is 9.36 Å². The molecular weight excluding hydrogens is 344 g/mol. The number of furan rings is 1. The predicted octanol–water partition coefficient (Wildman–Crippen LogP) is 2.55.